The Morgan fingerprint density at radius 3 is 1.71 bits per heavy atom. The van der Waals surface area contributed by atoms with Gasteiger partial charge in [0.1, 0.15) is 0 Å². The molecule has 4 rings (SSSR count). The molecule has 2 heteroatoms. The van der Waals surface area contributed by atoms with Gasteiger partial charge in [-0.3, -0.25) is 0 Å². The van der Waals surface area contributed by atoms with Gasteiger partial charge >= 0.3 is 18.9 Å². The molecule has 0 aliphatic heterocycles. The van der Waals surface area contributed by atoms with Gasteiger partial charge in [0.25, 0.3) is 0 Å². The van der Waals surface area contributed by atoms with Crippen LogP contribution in [0.2, 0.25) is 0 Å². The first kappa shape index (κ1) is 12.6. The Labute approximate surface area is 99.5 Å². The molecule has 0 aromatic heterocycles. The van der Waals surface area contributed by atoms with Crippen molar-refractivity contribution in [2.75, 3.05) is 0 Å². The molecule has 4 bridgehead atoms. The van der Waals surface area contributed by atoms with E-state index in [2.05, 4.69) is 6.92 Å². The van der Waals surface area contributed by atoms with Crippen molar-refractivity contribution in [3.8, 4) is 0 Å². The van der Waals surface area contributed by atoms with Crippen molar-refractivity contribution in [2.45, 2.75) is 45.4 Å². The molecule has 0 atom stereocenters. The second-order valence-corrected chi connectivity index (χ2v) is 5.23. The normalized spacial score (nSPS) is 44.4. The average molecular weight is 187 g/mol. The molecule has 0 heterocycles. The molecule has 0 radical (unpaired) electrons. The van der Waals surface area contributed by atoms with Crippen LogP contribution in [-0.4, -0.2) is 5.48 Å². The quantitative estimate of drug-likeness (QED) is 0.427. The fourth-order valence-electron chi connectivity index (χ4n) is 4.37. The molecule has 0 unspecified atom stereocenters. The zero-order valence-corrected chi connectivity index (χ0v) is 9.50. The zero-order valence-electron chi connectivity index (χ0n) is 9.50. The maximum atomic E-state index is 2.37. The topological polar surface area (TPSA) is 30.0 Å². The number of hydrogen-bond acceptors (Lipinski definition) is 1. The van der Waals surface area contributed by atoms with Crippen molar-refractivity contribution in [1.29, 1.82) is 0 Å². The van der Waals surface area contributed by atoms with Crippen molar-refractivity contribution in [2.24, 2.45) is 23.7 Å². The first-order valence-electron chi connectivity index (χ1n) is 5.72. The van der Waals surface area contributed by atoms with E-state index in [1.807, 2.05) is 5.92 Å². The Hall–Kier alpha value is 0.557. The molecule has 76 valence electrons. The van der Waals surface area contributed by atoms with Crippen molar-refractivity contribution in [1.82, 2.24) is 0 Å². The van der Waals surface area contributed by atoms with Gasteiger partial charge in [0.2, 0.25) is 0 Å². The van der Waals surface area contributed by atoms with Crippen molar-refractivity contribution in [3.63, 3.8) is 0 Å². The fourth-order valence-corrected chi connectivity index (χ4v) is 4.37. The van der Waals surface area contributed by atoms with Gasteiger partial charge in [0.15, 0.2) is 0 Å². The van der Waals surface area contributed by atoms with Crippen LogP contribution in [0, 0.1) is 29.6 Å². The zero-order chi connectivity index (χ0) is 8.13. The third-order valence-corrected chi connectivity index (χ3v) is 4.60. The SMILES string of the molecule is CC[C-]1C2CC3CC(C2)CC1C3.[Li+].[OH-]. The average Bonchev–Trinajstić information content (AvgIpc) is 2.02. The molecule has 4 saturated carbocycles. The summed E-state index contributed by atoms with van der Waals surface area (Å²) in [5, 5.41) is 0. The molecular formula is C12H20LiO-. The summed E-state index contributed by atoms with van der Waals surface area (Å²) in [6.45, 7) is 2.37. The Morgan fingerprint density at radius 1 is 0.929 bits per heavy atom. The fraction of sp³-hybridized carbons (Fsp3) is 0.917. The summed E-state index contributed by atoms with van der Waals surface area (Å²) >= 11 is 0. The molecule has 0 aromatic rings. The molecule has 4 aliphatic carbocycles. The number of hydrogen-bond donors (Lipinski definition) is 0. The summed E-state index contributed by atoms with van der Waals surface area (Å²) in [5.41, 5.74) is 0. The number of rotatable bonds is 1. The predicted molar refractivity (Wildman–Crippen MR) is 52.5 cm³/mol. The third-order valence-electron chi connectivity index (χ3n) is 4.60. The van der Waals surface area contributed by atoms with Crippen LogP contribution in [0.4, 0.5) is 0 Å². The molecular weight excluding hydrogens is 167 g/mol. The maximum Gasteiger partial charge on any atom is 1.00 e. The smallest absolute Gasteiger partial charge is 0.870 e. The van der Waals surface area contributed by atoms with E-state index in [4.69, 9.17) is 0 Å². The molecule has 0 saturated heterocycles. The van der Waals surface area contributed by atoms with Crippen LogP contribution in [-0.2, 0) is 0 Å². The summed E-state index contributed by atoms with van der Waals surface area (Å²) < 4.78 is 0. The van der Waals surface area contributed by atoms with Crippen LogP contribution in [0.3, 0.4) is 0 Å². The summed E-state index contributed by atoms with van der Waals surface area (Å²) in [6, 6.07) is 0. The summed E-state index contributed by atoms with van der Waals surface area (Å²) in [4.78, 5) is 0. The largest absolute Gasteiger partial charge is 1.00 e. The van der Waals surface area contributed by atoms with E-state index in [1.54, 1.807) is 32.1 Å². The Balaban J connectivity index is 0.000000490. The first-order valence-corrected chi connectivity index (χ1v) is 5.72. The first-order chi connectivity index (χ1) is 5.86. The summed E-state index contributed by atoms with van der Waals surface area (Å²) in [7, 11) is 0. The minimum atomic E-state index is 0. The van der Waals surface area contributed by atoms with E-state index in [0.717, 1.165) is 23.7 Å². The molecule has 4 fully saturated rings. The van der Waals surface area contributed by atoms with Crippen LogP contribution >= 0.6 is 0 Å². The molecule has 0 amide bonds. The Morgan fingerprint density at radius 2 is 1.36 bits per heavy atom. The molecule has 4 aliphatic rings. The van der Waals surface area contributed by atoms with Gasteiger partial charge in [0, 0.05) is 0 Å². The standard InChI is InChI=1S/C12H19.Li.H2O/c1-2-12-10-4-8-3-9(6-10)7-11(12)5-8;;/h8-11H,2-7H2,1H3;;1H2/q-1;+1;/p-1. The van der Waals surface area contributed by atoms with E-state index in [-0.39, 0.29) is 24.3 Å². The van der Waals surface area contributed by atoms with Crippen LogP contribution in [0.15, 0.2) is 0 Å². The Kier molecular flexibility index (Phi) is 4.15. The summed E-state index contributed by atoms with van der Waals surface area (Å²) in [6.07, 6.45) is 9.23. The van der Waals surface area contributed by atoms with Gasteiger partial charge in [-0.1, -0.05) is 32.6 Å². The minimum absolute atomic E-state index is 0. The molecule has 1 N–H and O–H groups in total. The van der Waals surface area contributed by atoms with Crippen LogP contribution < -0.4 is 18.9 Å². The third kappa shape index (κ3) is 1.80. The Bertz CT molecular complexity index is 165. The van der Waals surface area contributed by atoms with E-state index in [9.17, 15) is 0 Å². The molecule has 1 nitrogen and oxygen atoms in total. The van der Waals surface area contributed by atoms with Crippen LogP contribution in [0.5, 0.6) is 0 Å². The van der Waals surface area contributed by atoms with E-state index >= 15 is 0 Å². The van der Waals surface area contributed by atoms with Gasteiger partial charge in [-0.15, -0.1) is 0 Å². The van der Waals surface area contributed by atoms with Crippen molar-refractivity contribution in [3.05, 3.63) is 5.92 Å². The van der Waals surface area contributed by atoms with Gasteiger partial charge in [-0.2, -0.15) is 18.3 Å². The van der Waals surface area contributed by atoms with Crippen molar-refractivity contribution < 1.29 is 24.3 Å². The van der Waals surface area contributed by atoms with E-state index < -0.39 is 0 Å². The predicted octanol–water partition coefficient (Wildman–Crippen LogP) is 0.254. The van der Waals surface area contributed by atoms with E-state index in [1.165, 1.54) is 6.42 Å². The molecule has 0 aromatic carbocycles. The van der Waals surface area contributed by atoms with E-state index in [0.29, 0.717) is 0 Å². The van der Waals surface area contributed by atoms with Gasteiger partial charge < -0.3 is 11.4 Å². The monoisotopic (exact) mass is 187 g/mol. The second-order valence-electron chi connectivity index (χ2n) is 5.23. The molecule has 0 spiro atoms. The maximum absolute atomic E-state index is 2.37. The minimum Gasteiger partial charge on any atom is -0.870 e. The van der Waals surface area contributed by atoms with Crippen LogP contribution in [0.1, 0.15) is 45.4 Å². The van der Waals surface area contributed by atoms with Gasteiger partial charge in [-0.05, 0) is 18.3 Å². The van der Waals surface area contributed by atoms with Gasteiger partial charge in [-0.25, -0.2) is 0 Å². The van der Waals surface area contributed by atoms with Crippen molar-refractivity contribution >= 4 is 0 Å². The summed E-state index contributed by atoms with van der Waals surface area (Å²) in [5.74, 6) is 6.39. The van der Waals surface area contributed by atoms with Crippen LogP contribution in [0.25, 0.3) is 0 Å². The second kappa shape index (κ2) is 4.60. The van der Waals surface area contributed by atoms with Gasteiger partial charge in [0.05, 0.1) is 0 Å². The molecule has 14 heavy (non-hydrogen) atoms.